The quantitative estimate of drug-likeness (QED) is 0.709. The maximum absolute atomic E-state index is 10.9. The van der Waals surface area contributed by atoms with Gasteiger partial charge in [0.2, 0.25) is 0 Å². The van der Waals surface area contributed by atoms with E-state index in [1.54, 1.807) is 0 Å². The minimum atomic E-state index is -0.865. The van der Waals surface area contributed by atoms with E-state index < -0.39 is 5.97 Å². The Bertz CT molecular complexity index is 763. The summed E-state index contributed by atoms with van der Waals surface area (Å²) in [7, 11) is 0. The summed E-state index contributed by atoms with van der Waals surface area (Å²) in [6.45, 7) is 11.6. The molecule has 0 fully saturated rings. The SMILES string of the molecule is Cc1cc2c(cc1C1=CCCC1/C=C/C(=O)O)C(C)(C)CCC2(C)C. The predicted octanol–water partition coefficient (Wildman–Crippen LogP) is 5.78. The molecule has 1 aromatic rings. The molecule has 134 valence electrons. The summed E-state index contributed by atoms with van der Waals surface area (Å²) in [6, 6.07) is 4.80. The van der Waals surface area contributed by atoms with E-state index >= 15 is 0 Å². The predicted molar refractivity (Wildman–Crippen MR) is 104 cm³/mol. The maximum atomic E-state index is 10.9. The Morgan fingerprint density at radius 2 is 1.72 bits per heavy atom. The van der Waals surface area contributed by atoms with Gasteiger partial charge in [-0.15, -0.1) is 0 Å². The number of fused-ring (bicyclic) bond motifs is 1. The number of hydrogen-bond acceptors (Lipinski definition) is 1. The molecule has 1 N–H and O–H groups in total. The van der Waals surface area contributed by atoms with Gasteiger partial charge in [0.1, 0.15) is 0 Å². The van der Waals surface area contributed by atoms with Crippen LogP contribution in [-0.2, 0) is 15.6 Å². The van der Waals surface area contributed by atoms with Crippen LogP contribution in [0.1, 0.15) is 75.6 Å². The fraction of sp³-hybridized carbons (Fsp3) is 0.522. The third kappa shape index (κ3) is 3.31. The Kier molecular flexibility index (Phi) is 4.43. The zero-order valence-electron chi connectivity index (χ0n) is 16.1. The lowest BCUT2D eigenvalue weighted by Crippen LogP contribution is -2.34. The topological polar surface area (TPSA) is 37.3 Å². The molecule has 25 heavy (non-hydrogen) atoms. The van der Waals surface area contributed by atoms with Crippen LogP contribution >= 0.6 is 0 Å². The van der Waals surface area contributed by atoms with Crippen molar-refractivity contribution in [1.82, 2.24) is 0 Å². The molecule has 2 aliphatic rings. The highest BCUT2D eigenvalue weighted by atomic mass is 16.4. The molecule has 0 saturated heterocycles. The zero-order valence-corrected chi connectivity index (χ0v) is 16.1. The van der Waals surface area contributed by atoms with Crippen molar-refractivity contribution in [1.29, 1.82) is 0 Å². The first-order chi connectivity index (χ1) is 11.6. The number of rotatable bonds is 3. The van der Waals surface area contributed by atoms with Gasteiger partial charge < -0.3 is 5.11 Å². The van der Waals surface area contributed by atoms with Gasteiger partial charge in [-0.1, -0.05) is 52.0 Å². The number of benzene rings is 1. The average molecular weight is 338 g/mol. The molecule has 1 aromatic carbocycles. The number of allylic oxidation sites excluding steroid dienone is 3. The van der Waals surface area contributed by atoms with Crippen LogP contribution in [0.15, 0.2) is 30.4 Å². The minimum Gasteiger partial charge on any atom is -0.478 e. The van der Waals surface area contributed by atoms with E-state index in [0.717, 1.165) is 12.8 Å². The molecular formula is C23H30O2. The summed E-state index contributed by atoms with van der Waals surface area (Å²) in [5.41, 5.74) is 7.30. The minimum absolute atomic E-state index is 0.193. The summed E-state index contributed by atoms with van der Waals surface area (Å²) in [6.07, 6.45) is 9.90. The van der Waals surface area contributed by atoms with E-state index in [9.17, 15) is 4.79 Å². The second-order valence-corrected chi connectivity index (χ2v) is 9.02. The van der Waals surface area contributed by atoms with E-state index in [1.165, 1.54) is 46.7 Å². The number of aryl methyl sites for hydroxylation is 1. The summed E-state index contributed by atoms with van der Waals surface area (Å²) < 4.78 is 0. The van der Waals surface area contributed by atoms with E-state index in [2.05, 4.69) is 52.8 Å². The lowest BCUT2D eigenvalue weighted by atomic mass is 9.62. The number of carbonyl (C=O) groups is 1. The van der Waals surface area contributed by atoms with Crippen LogP contribution in [0.5, 0.6) is 0 Å². The molecule has 0 heterocycles. The van der Waals surface area contributed by atoms with Crippen molar-refractivity contribution in [2.24, 2.45) is 5.92 Å². The van der Waals surface area contributed by atoms with Gasteiger partial charge in [-0.05, 0) is 71.3 Å². The summed E-state index contributed by atoms with van der Waals surface area (Å²) in [5, 5.41) is 8.96. The van der Waals surface area contributed by atoms with Gasteiger partial charge in [0.05, 0.1) is 0 Å². The van der Waals surface area contributed by atoms with Gasteiger partial charge in [0.25, 0.3) is 0 Å². The highest BCUT2D eigenvalue weighted by Gasteiger charge is 2.37. The monoisotopic (exact) mass is 338 g/mol. The van der Waals surface area contributed by atoms with Crippen LogP contribution in [0.25, 0.3) is 5.57 Å². The molecule has 0 spiro atoms. The lowest BCUT2D eigenvalue weighted by Gasteiger charge is -2.42. The van der Waals surface area contributed by atoms with E-state index in [4.69, 9.17) is 5.11 Å². The van der Waals surface area contributed by atoms with Gasteiger partial charge >= 0.3 is 5.97 Å². The highest BCUT2D eigenvalue weighted by molar-refractivity contribution is 5.81. The number of hydrogen-bond donors (Lipinski definition) is 1. The van der Waals surface area contributed by atoms with Crippen LogP contribution < -0.4 is 0 Å². The lowest BCUT2D eigenvalue weighted by molar-refractivity contribution is -0.131. The number of carboxylic acid groups (broad SMARTS) is 1. The van der Waals surface area contributed by atoms with Crippen LogP contribution in [0.4, 0.5) is 0 Å². The molecule has 1 unspecified atom stereocenters. The molecule has 2 heteroatoms. The Morgan fingerprint density at radius 3 is 2.32 bits per heavy atom. The first-order valence-electron chi connectivity index (χ1n) is 9.39. The molecule has 2 aliphatic carbocycles. The van der Waals surface area contributed by atoms with E-state index in [1.807, 2.05) is 6.08 Å². The second kappa shape index (κ2) is 6.16. The van der Waals surface area contributed by atoms with Crippen LogP contribution in [0, 0.1) is 12.8 Å². The smallest absolute Gasteiger partial charge is 0.327 e. The Morgan fingerprint density at radius 1 is 1.12 bits per heavy atom. The van der Waals surface area contributed by atoms with Crippen molar-refractivity contribution in [3.63, 3.8) is 0 Å². The Hall–Kier alpha value is -1.83. The molecule has 0 aromatic heterocycles. The largest absolute Gasteiger partial charge is 0.478 e. The molecule has 2 nitrogen and oxygen atoms in total. The van der Waals surface area contributed by atoms with Crippen molar-refractivity contribution in [3.8, 4) is 0 Å². The van der Waals surface area contributed by atoms with Crippen LogP contribution in [0.2, 0.25) is 0 Å². The highest BCUT2D eigenvalue weighted by Crippen LogP contribution is 2.48. The number of carboxylic acids is 1. The first-order valence-corrected chi connectivity index (χ1v) is 9.39. The van der Waals surface area contributed by atoms with Crippen LogP contribution in [-0.4, -0.2) is 11.1 Å². The maximum Gasteiger partial charge on any atom is 0.327 e. The molecular weight excluding hydrogens is 308 g/mol. The van der Waals surface area contributed by atoms with Crippen molar-refractivity contribution < 1.29 is 9.90 Å². The average Bonchev–Trinajstić information content (AvgIpc) is 2.98. The first kappa shape index (κ1) is 18.0. The molecule has 0 saturated carbocycles. The van der Waals surface area contributed by atoms with Gasteiger partial charge in [0, 0.05) is 12.0 Å². The van der Waals surface area contributed by atoms with Gasteiger partial charge in [-0.25, -0.2) is 4.79 Å². The van der Waals surface area contributed by atoms with Crippen molar-refractivity contribution in [3.05, 3.63) is 52.6 Å². The van der Waals surface area contributed by atoms with Crippen LogP contribution in [0.3, 0.4) is 0 Å². The van der Waals surface area contributed by atoms with Crippen molar-refractivity contribution >= 4 is 11.5 Å². The molecule has 0 radical (unpaired) electrons. The Labute approximate surface area is 151 Å². The van der Waals surface area contributed by atoms with Gasteiger partial charge in [0.15, 0.2) is 0 Å². The standard InChI is InChI=1S/C23H30O2/c1-15-13-19-20(23(4,5)12-11-22(19,2)3)14-18(15)17-8-6-7-16(17)9-10-21(24)25/h8-10,13-14,16H,6-7,11-12H2,1-5H3,(H,24,25)/b10-9+. The third-order valence-corrected chi connectivity index (χ3v) is 6.22. The molecule has 0 bridgehead atoms. The zero-order chi connectivity index (χ0) is 18.4. The second-order valence-electron chi connectivity index (χ2n) is 9.02. The fourth-order valence-corrected chi connectivity index (χ4v) is 4.47. The summed E-state index contributed by atoms with van der Waals surface area (Å²) >= 11 is 0. The Balaban J connectivity index is 2.08. The molecule has 1 atom stereocenters. The van der Waals surface area contributed by atoms with Crippen molar-refractivity contribution in [2.75, 3.05) is 0 Å². The summed E-state index contributed by atoms with van der Waals surface area (Å²) in [4.78, 5) is 10.9. The summed E-state index contributed by atoms with van der Waals surface area (Å²) in [5.74, 6) is -0.649. The molecule has 0 amide bonds. The van der Waals surface area contributed by atoms with Gasteiger partial charge in [-0.2, -0.15) is 0 Å². The third-order valence-electron chi connectivity index (χ3n) is 6.22. The normalized spacial score (nSPS) is 24.2. The fourth-order valence-electron chi connectivity index (χ4n) is 4.47. The molecule has 3 rings (SSSR count). The van der Waals surface area contributed by atoms with E-state index in [-0.39, 0.29) is 16.7 Å². The number of aliphatic carboxylic acids is 1. The van der Waals surface area contributed by atoms with Crippen molar-refractivity contribution in [2.45, 2.75) is 71.1 Å². The van der Waals surface area contributed by atoms with Gasteiger partial charge in [-0.3, -0.25) is 0 Å². The van der Waals surface area contributed by atoms with E-state index in [0.29, 0.717) is 0 Å². The molecule has 0 aliphatic heterocycles.